The molecule has 0 saturated carbocycles. The van der Waals surface area contributed by atoms with Gasteiger partial charge >= 0.3 is 0 Å². The van der Waals surface area contributed by atoms with Crippen molar-refractivity contribution in [3.63, 3.8) is 0 Å². The quantitative estimate of drug-likeness (QED) is 0.858. The Balaban J connectivity index is 1.82. The summed E-state index contributed by atoms with van der Waals surface area (Å²) in [5.74, 6) is 0.641. The minimum Gasteiger partial charge on any atom is -0.481 e. The van der Waals surface area contributed by atoms with Crippen molar-refractivity contribution in [1.82, 2.24) is 4.98 Å². The third kappa shape index (κ3) is 4.28. The third-order valence-electron chi connectivity index (χ3n) is 3.07. The van der Waals surface area contributed by atoms with E-state index in [1.54, 1.807) is 13.3 Å². The largest absolute Gasteiger partial charge is 0.481 e. The number of rotatable bonds is 6. The number of ether oxygens (including phenoxy) is 1. The minimum absolute atomic E-state index is 0.412. The summed E-state index contributed by atoms with van der Waals surface area (Å²) in [4.78, 5) is 4.18. The molecule has 1 aromatic heterocycles. The van der Waals surface area contributed by atoms with Crippen LogP contribution in [-0.4, -0.2) is 18.1 Å². The molecule has 0 amide bonds. The Labute approximate surface area is 114 Å². The number of benzene rings is 1. The molecule has 0 aliphatic heterocycles. The Bertz CT molecular complexity index is 482. The van der Waals surface area contributed by atoms with E-state index in [9.17, 15) is 0 Å². The standard InChI is InChI=1S/C16H20N2O/c1-13(8-9-14-6-4-3-5-7-14)18-15-10-11-16(19-2)17-12-15/h3-7,10-13,18H,8-9H2,1-2H3. The first-order valence-electron chi connectivity index (χ1n) is 6.58. The van der Waals surface area contributed by atoms with Gasteiger partial charge in [0.25, 0.3) is 0 Å². The lowest BCUT2D eigenvalue weighted by molar-refractivity contribution is 0.398. The zero-order chi connectivity index (χ0) is 13.5. The van der Waals surface area contributed by atoms with Gasteiger partial charge in [-0.25, -0.2) is 4.98 Å². The zero-order valence-electron chi connectivity index (χ0n) is 11.5. The van der Waals surface area contributed by atoms with Crippen LogP contribution < -0.4 is 10.1 Å². The Kier molecular flexibility index (Phi) is 4.78. The average Bonchev–Trinajstić information content (AvgIpc) is 2.47. The highest BCUT2D eigenvalue weighted by Crippen LogP contribution is 2.14. The number of hydrogen-bond donors (Lipinski definition) is 1. The van der Waals surface area contributed by atoms with Crippen molar-refractivity contribution in [2.45, 2.75) is 25.8 Å². The van der Waals surface area contributed by atoms with Gasteiger partial charge in [-0.1, -0.05) is 30.3 Å². The van der Waals surface area contributed by atoms with Crippen LogP contribution in [0, 0.1) is 0 Å². The van der Waals surface area contributed by atoms with Gasteiger partial charge in [-0.2, -0.15) is 0 Å². The highest BCUT2D eigenvalue weighted by molar-refractivity contribution is 5.42. The lowest BCUT2D eigenvalue weighted by atomic mass is 10.1. The Hall–Kier alpha value is -2.03. The fourth-order valence-electron chi connectivity index (χ4n) is 1.97. The molecule has 19 heavy (non-hydrogen) atoms. The van der Waals surface area contributed by atoms with Crippen LogP contribution in [0.2, 0.25) is 0 Å². The number of aromatic nitrogens is 1. The number of anilines is 1. The molecule has 100 valence electrons. The monoisotopic (exact) mass is 256 g/mol. The van der Waals surface area contributed by atoms with E-state index in [1.807, 2.05) is 18.2 Å². The SMILES string of the molecule is COc1ccc(NC(C)CCc2ccccc2)cn1. The van der Waals surface area contributed by atoms with Crippen molar-refractivity contribution >= 4 is 5.69 Å². The number of nitrogens with one attached hydrogen (secondary N) is 1. The van der Waals surface area contributed by atoms with Crippen molar-refractivity contribution in [2.75, 3.05) is 12.4 Å². The fraction of sp³-hybridized carbons (Fsp3) is 0.312. The van der Waals surface area contributed by atoms with Crippen molar-refractivity contribution in [3.8, 4) is 5.88 Å². The van der Waals surface area contributed by atoms with Gasteiger partial charge in [-0.05, 0) is 31.4 Å². The van der Waals surface area contributed by atoms with Crippen molar-refractivity contribution in [2.24, 2.45) is 0 Å². The summed E-state index contributed by atoms with van der Waals surface area (Å²) in [6, 6.07) is 14.8. The zero-order valence-corrected chi connectivity index (χ0v) is 11.5. The van der Waals surface area contributed by atoms with E-state index in [0.717, 1.165) is 18.5 Å². The molecule has 1 unspecified atom stereocenters. The molecule has 3 heteroatoms. The highest BCUT2D eigenvalue weighted by atomic mass is 16.5. The van der Waals surface area contributed by atoms with Crippen molar-refractivity contribution < 1.29 is 4.74 Å². The summed E-state index contributed by atoms with van der Waals surface area (Å²) in [7, 11) is 1.62. The smallest absolute Gasteiger partial charge is 0.213 e. The van der Waals surface area contributed by atoms with Gasteiger partial charge in [0.05, 0.1) is 19.0 Å². The first-order chi connectivity index (χ1) is 9.28. The van der Waals surface area contributed by atoms with Gasteiger partial charge in [-0.15, -0.1) is 0 Å². The van der Waals surface area contributed by atoms with Gasteiger partial charge in [-0.3, -0.25) is 0 Å². The first kappa shape index (κ1) is 13.4. The fourth-order valence-corrected chi connectivity index (χ4v) is 1.97. The highest BCUT2D eigenvalue weighted by Gasteiger charge is 2.03. The second-order valence-corrected chi connectivity index (χ2v) is 4.66. The van der Waals surface area contributed by atoms with Gasteiger partial charge < -0.3 is 10.1 Å². The summed E-state index contributed by atoms with van der Waals surface area (Å²) < 4.78 is 5.04. The lowest BCUT2D eigenvalue weighted by Gasteiger charge is -2.15. The topological polar surface area (TPSA) is 34.1 Å². The number of hydrogen-bond acceptors (Lipinski definition) is 3. The van der Waals surface area contributed by atoms with E-state index in [0.29, 0.717) is 11.9 Å². The van der Waals surface area contributed by atoms with Gasteiger partial charge in [0, 0.05) is 12.1 Å². The molecule has 3 nitrogen and oxygen atoms in total. The summed E-state index contributed by atoms with van der Waals surface area (Å²) in [6.45, 7) is 2.19. The normalized spacial score (nSPS) is 11.9. The predicted octanol–water partition coefficient (Wildman–Crippen LogP) is 3.52. The summed E-state index contributed by atoms with van der Waals surface area (Å²) in [6.07, 6.45) is 3.98. The van der Waals surface area contributed by atoms with Crippen LogP contribution in [0.1, 0.15) is 18.9 Å². The Morgan fingerprint density at radius 2 is 1.95 bits per heavy atom. The van der Waals surface area contributed by atoms with E-state index >= 15 is 0 Å². The van der Waals surface area contributed by atoms with Crippen molar-refractivity contribution in [3.05, 3.63) is 54.2 Å². The maximum Gasteiger partial charge on any atom is 0.213 e. The van der Waals surface area contributed by atoms with Crippen LogP contribution in [-0.2, 0) is 6.42 Å². The van der Waals surface area contributed by atoms with Gasteiger partial charge in [0.1, 0.15) is 0 Å². The van der Waals surface area contributed by atoms with Crippen LogP contribution in [0.5, 0.6) is 5.88 Å². The van der Waals surface area contributed by atoms with Gasteiger partial charge in [0.15, 0.2) is 0 Å². The number of nitrogens with zero attached hydrogens (tertiary/aromatic N) is 1. The molecule has 0 radical (unpaired) electrons. The Morgan fingerprint density at radius 3 is 2.58 bits per heavy atom. The number of pyridine rings is 1. The maximum atomic E-state index is 5.04. The number of aryl methyl sites for hydroxylation is 1. The second-order valence-electron chi connectivity index (χ2n) is 4.66. The summed E-state index contributed by atoms with van der Waals surface area (Å²) >= 11 is 0. The predicted molar refractivity (Wildman–Crippen MR) is 78.6 cm³/mol. The van der Waals surface area contributed by atoms with Crippen LogP contribution in [0.15, 0.2) is 48.7 Å². The van der Waals surface area contributed by atoms with Gasteiger partial charge in [0.2, 0.25) is 5.88 Å². The third-order valence-corrected chi connectivity index (χ3v) is 3.07. The molecule has 2 rings (SSSR count). The van der Waals surface area contributed by atoms with Crippen LogP contribution in [0.25, 0.3) is 0 Å². The molecule has 0 bridgehead atoms. The van der Waals surface area contributed by atoms with E-state index in [-0.39, 0.29) is 0 Å². The molecule has 0 aliphatic carbocycles. The molecule has 1 atom stereocenters. The number of methoxy groups -OCH3 is 1. The first-order valence-corrected chi connectivity index (χ1v) is 6.58. The van der Waals surface area contributed by atoms with E-state index in [4.69, 9.17) is 4.74 Å². The molecule has 1 heterocycles. The molecule has 0 aliphatic rings. The lowest BCUT2D eigenvalue weighted by Crippen LogP contribution is -2.16. The minimum atomic E-state index is 0.412. The Morgan fingerprint density at radius 1 is 1.16 bits per heavy atom. The second kappa shape index (κ2) is 6.78. The average molecular weight is 256 g/mol. The molecule has 1 N–H and O–H groups in total. The molecular formula is C16H20N2O. The molecule has 0 saturated heterocycles. The maximum absolute atomic E-state index is 5.04. The molecule has 2 aromatic rings. The summed E-state index contributed by atoms with van der Waals surface area (Å²) in [5, 5.41) is 3.45. The van der Waals surface area contributed by atoms with Crippen molar-refractivity contribution in [1.29, 1.82) is 0 Å². The van der Waals surface area contributed by atoms with Crippen LogP contribution >= 0.6 is 0 Å². The summed E-state index contributed by atoms with van der Waals surface area (Å²) in [5.41, 5.74) is 2.41. The van der Waals surface area contributed by atoms with Crippen LogP contribution in [0.3, 0.4) is 0 Å². The van der Waals surface area contributed by atoms with E-state index < -0.39 is 0 Å². The van der Waals surface area contributed by atoms with E-state index in [2.05, 4.69) is 41.5 Å². The molecule has 0 spiro atoms. The molecule has 0 fully saturated rings. The molecule has 1 aromatic carbocycles. The van der Waals surface area contributed by atoms with Crippen LogP contribution in [0.4, 0.5) is 5.69 Å². The molecular weight excluding hydrogens is 236 g/mol. The van der Waals surface area contributed by atoms with E-state index in [1.165, 1.54) is 5.56 Å².